The smallest absolute Gasteiger partial charge is 0.106 e. The lowest BCUT2D eigenvalue weighted by atomic mass is 9.82. The van der Waals surface area contributed by atoms with E-state index in [1.165, 1.54) is 47.4 Å². The molecule has 0 aliphatic heterocycles. The molecule has 0 amide bonds. The minimum atomic E-state index is 0.504. The van der Waals surface area contributed by atoms with Crippen molar-refractivity contribution in [3.05, 3.63) is 28.3 Å². The molecule has 1 aliphatic rings. The van der Waals surface area contributed by atoms with Crippen molar-refractivity contribution in [2.75, 3.05) is 0 Å². The van der Waals surface area contributed by atoms with Gasteiger partial charge in [-0.05, 0) is 36.8 Å². The van der Waals surface area contributed by atoms with Gasteiger partial charge in [-0.25, -0.2) is 4.98 Å². The Balaban J connectivity index is 2.15. The van der Waals surface area contributed by atoms with E-state index in [-0.39, 0.29) is 0 Å². The Morgan fingerprint density at radius 3 is 2.75 bits per heavy atom. The summed E-state index contributed by atoms with van der Waals surface area (Å²) in [5.41, 5.74) is 9.44. The Hall–Kier alpha value is -1.00. The molecule has 0 radical (unpaired) electrons. The summed E-state index contributed by atoms with van der Waals surface area (Å²) in [6, 6.07) is 4.45. The SMILES string of the molecule is CCc1nc2c(C(N)=S)c(C3CCCCC3)ccc2s1. The van der Waals surface area contributed by atoms with Gasteiger partial charge in [-0.1, -0.05) is 44.5 Å². The second kappa shape index (κ2) is 5.78. The number of aryl methyl sites for hydroxylation is 1. The molecule has 0 atom stereocenters. The fourth-order valence-electron chi connectivity index (χ4n) is 3.22. The minimum Gasteiger partial charge on any atom is -0.389 e. The zero-order valence-electron chi connectivity index (χ0n) is 11.8. The highest BCUT2D eigenvalue weighted by molar-refractivity contribution is 7.80. The molecule has 4 heteroatoms. The first-order chi connectivity index (χ1) is 9.70. The standard InChI is InChI=1S/C16H20N2S2/c1-2-13-18-15-12(20-13)9-8-11(14(15)16(17)19)10-6-4-3-5-7-10/h8-10H,2-7H2,1H3,(H2,17,19). The average Bonchev–Trinajstić information content (AvgIpc) is 2.89. The molecule has 2 N–H and O–H groups in total. The maximum Gasteiger partial charge on any atom is 0.106 e. The van der Waals surface area contributed by atoms with E-state index in [4.69, 9.17) is 22.9 Å². The number of rotatable bonds is 3. The van der Waals surface area contributed by atoms with Gasteiger partial charge in [0, 0.05) is 5.56 Å². The summed E-state index contributed by atoms with van der Waals surface area (Å²) in [6.45, 7) is 2.14. The van der Waals surface area contributed by atoms with E-state index in [0.29, 0.717) is 10.9 Å². The van der Waals surface area contributed by atoms with Gasteiger partial charge < -0.3 is 5.73 Å². The van der Waals surface area contributed by atoms with E-state index in [2.05, 4.69) is 19.1 Å². The highest BCUT2D eigenvalue weighted by Gasteiger charge is 2.22. The van der Waals surface area contributed by atoms with Gasteiger partial charge in [0.2, 0.25) is 0 Å². The number of benzene rings is 1. The van der Waals surface area contributed by atoms with Crippen LogP contribution in [-0.2, 0) is 6.42 Å². The molecule has 0 bridgehead atoms. The molecule has 1 fully saturated rings. The van der Waals surface area contributed by atoms with Gasteiger partial charge in [-0.15, -0.1) is 11.3 Å². The van der Waals surface area contributed by atoms with Crippen LogP contribution in [0.25, 0.3) is 10.2 Å². The molecule has 0 saturated heterocycles. The third kappa shape index (κ3) is 2.47. The van der Waals surface area contributed by atoms with Crippen molar-refractivity contribution in [3.63, 3.8) is 0 Å². The van der Waals surface area contributed by atoms with Crippen molar-refractivity contribution >= 4 is 38.8 Å². The van der Waals surface area contributed by atoms with Crippen molar-refractivity contribution in [3.8, 4) is 0 Å². The molecular formula is C16H20N2S2. The first-order valence-electron chi connectivity index (χ1n) is 7.42. The van der Waals surface area contributed by atoms with Crippen molar-refractivity contribution in [1.82, 2.24) is 4.98 Å². The Labute approximate surface area is 129 Å². The first kappa shape index (κ1) is 14.0. The lowest BCUT2D eigenvalue weighted by Crippen LogP contribution is -2.16. The van der Waals surface area contributed by atoms with Gasteiger partial charge in [0.05, 0.1) is 15.2 Å². The summed E-state index contributed by atoms with van der Waals surface area (Å²) in [7, 11) is 0. The third-order valence-electron chi connectivity index (χ3n) is 4.23. The maximum atomic E-state index is 6.03. The van der Waals surface area contributed by atoms with Gasteiger partial charge >= 0.3 is 0 Å². The summed E-state index contributed by atoms with van der Waals surface area (Å²) in [6.07, 6.45) is 7.47. The summed E-state index contributed by atoms with van der Waals surface area (Å²) < 4.78 is 1.21. The van der Waals surface area contributed by atoms with Gasteiger partial charge in [0.1, 0.15) is 4.99 Å². The summed E-state index contributed by atoms with van der Waals surface area (Å²) in [5.74, 6) is 0.608. The normalized spacial score (nSPS) is 16.6. The van der Waals surface area contributed by atoms with E-state index < -0.39 is 0 Å². The summed E-state index contributed by atoms with van der Waals surface area (Å²) in [5, 5.41) is 1.17. The summed E-state index contributed by atoms with van der Waals surface area (Å²) >= 11 is 7.09. The molecule has 1 aliphatic carbocycles. The van der Waals surface area contributed by atoms with Gasteiger partial charge in [-0.2, -0.15) is 0 Å². The second-order valence-corrected chi connectivity index (χ2v) is 7.09. The van der Waals surface area contributed by atoms with Crippen LogP contribution in [0.1, 0.15) is 61.1 Å². The highest BCUT2D eigenvalue weighted by Crippen LogP contribution is 2.37. The lowest BCUT2D eigenvalue weighted by Gasteiger charge is -2.24. The molecule has 0 unspecified atom stereocenters. The van der Waals surface area contributed by atoms with Crippen LogP contribution in [0, 0.1) is 0 Å². The third-order valence-corrected chi connectivity index (χ3v) is 5.60. The second-order valence-electron chi connectivity index (χ2n) is 5.54. The van der Waals surface area contributed by atoms with Crippen LogP contribution < -0.4 is 5.73 Å². The van der Waals surface area contributed by atoms with Gasteiger partial charge in [0.15, 0.2) is 0 Å². The van der Waals surface area contributed by atoms with Crippen molar-refractivity contribution in [1.29, 1.82) is 0 Å². The number of hydrogen-bond donors (Lipinski definition) is 1. The molecule has 1 aromatic carbocycles. The van der Waals surface area contributed by atoms with E-state index in [0.717, 1.165) is 17.5 Å². The Morgan fingerprint density at radius 1 is 1.35 bits per heavy atom. The molecule has 0 spiro atoms. The fraction of sp³-hybridized carbons (Fsp3) is 0.500. The summed E-state index contributed by atoms with van der Waals surface area (Å²) in [4.78, 5) is 5.26. The average molecular weight is 304 g/mol. The predicted octanol–water partition coefficient (Wildman–Crippen LogP) is 4.54. The molecule has 1 aromatic heterocycles. The Kier molecular flexibility index (Phi) is 4.03. The van der Waals surface area contributed by atoms with Crippen molar-refractivity contribution in [2.24, 2.45) is 5.73 Å². The van der Waals surface area contributed by atoms with Crippen LogP contribution in [0.2, 0.25) is 0 Å². The molecule has 2 nitrogen and oxygen atoms in total. The fourth-order valence-corrected chi connectivity index (χ4v) is 4.35. The predicted molar refractivity (Wildman–Crippen MR) is 90.7 cm³/mol. The minimum absolute atomic E-state index is 0.504. The van der Waals surface area contributed by atoms with Crippen LogP contribution >= 0.6 is 23.6 Å². The largest absolute Gasteiger partial charge is 0.389 e. The van der Waals surface area contributed by atoms with Crippen molar-refractivity contribution < 1.29 is 0 Å². The van der Waals surface area contributed by atoms with Crippen LogP contribution in [0.4, 0.5) is 0 Å². The molecular weight excluding hydrogens is 284 g/mol. The first-order valence-corrected chi connectivity index (χ1v) is 8.65. The number of hydrogen-bond acceptors (Lipinski definition) is 3. The van der Waals surface area contributed by atoms with Gasteiger partial charge in [0.25, 0.3) is 0 Å². The molecule has 3 rings (SSSR count). The highest BCUT2D eigenvalue weighted by atomic mass is 32.1. The number of thiazole rings is 1. The molecule has 2 aromatic rings. The van der Waals surface area contributed by atoms with Crippen LogP contribution in [0.3, 0.4) is 0 Å². The number of thiocarbonyl (C=S) groups is 1. The van der Waals surface area contributed by atoms with Crippen LogP contribution in [0.15, 0.2) is 12.1 Å². The Bertz CT molecular complexity index is 639. The molecule has 1 saturated carbocycles. The number of nitrogens with two attached hydrogens (primary N) is 1. The molecule has 1 heterocycles. The number of fused-ring (bicyclic) bond motifs is 1. The topological polar surface area (TPSA) is 38.9 Å². The number of nitrogens with zero attached hydrogens (tertiary/aromatic N) is 1. The van der Waals surface area contributed by atoms with Crippen molar-refractivity contribution in [2.45, 2.75) is 51.4 Å². The van der Waals surface area contributed by atoms with Crippen LogP contribution in [0.5, 0.6) is 0 Å². The zero-order chi connectivity index (χ0) is 14.1. The maximum absolute atomic E-state index is 6.03. The zero-order valence-corrected chi connectivity index (χ0v) is 13.4. The Morgan fingerprint density at radius 2 is 2.10 bits per heavy atom. The quantitative estimate of drug-likeness (QED) is 0.846. The van der Waals surface area contributed by atoms with E-state index in [1.54, 1.807) is 11.3 Å². The molecule has 106 valence electrons. The van der Waals surface area contributed by atoms with Gasteiger partial charge in [-0.3, -0.25) is 0 Å². The van der Waals surface area contributed by atoms with Crippen LogP contribution in [-0.4, -0.2) is 9.97 Å². The van der Waals surface area contributed by atoms with E-state index in [9.17, 15) is 0 Å². The number of aromatic nitrogens is 1. The molecule has 20 heavy (non-hydrogen) atoms. The lowest BCUT2D eigenvalue weighted by molar-refractivity contribution is 0.443. The van der Waals surface area contributed by atoms with E-state index in [1.807, 2.05) is 0 Å². The monoisotopic (exact) mass is 304 g/mol. The van der Waals surface area contributed by atoms with E-state index >= 15 is 0 Å².